The van der Waals surface area contributed by atoms with Gasteiger partial charge in [-0.25, -0.2) is 0 Å². The molecule has 0 atom stereocenters. The first-order chi connectivity index (χ1) is 8.90. The molecule has 0 aliphatic heterocycles. The highest BCUT2D eigenvalue weighted by molar-refractivity contribution is 5.59. The summed E-state index contributed by atoms with van der Waals surface area (Å²) in [4.78, 5) is 0. The van der Waals surface area contributed by atoms with Crippen LogP contribution in [0.2, 0.25) is 0 Å². The van der Waals surface area contributed by atoms with Gasteiger partial charge in [-0.2, -0.15) is 0 Å². The van der Waals surface area contributed by atoms with Crippen molar-refractivity contribution in [1.29, 1.82) is 0 Å². The zero-order valence-electron chi connectivity index (χ0n) is 10.6. The molecule has 2 rings (SSSR count). The molecule has 18 heavy (non-hydrogen) atoms. The van der Waals surface area contributed by atoms with Gasteiger partial charge >= 0.3 is 0 Å². The predicted molar refractivity (Wildman–Crippen MR) is 73.3 cm³/mol. The zero-order chi connectivity index (χ0) is 12.6. The Morgan fingerprint density at radius 2 is 1.94 bits per heavy atom. The molecule has 3 heteroatoms. The SMILES string of the molecule is [CH2]CCCCCOc1cc(-c2ccccc2)[nH]n1. The third kappa shape index (κ3) is 3.62. The summed E-state index contributed by atoms with van der Waals surface area (Å²) in [5.41, 5.74) is 2.11. The summed E-state index contributed by atoms with van der Waals surface area (Å²) in [6.07, 6.45) is 4.39. The van der Waals surface area contributed by atoms with Gasteiger partial charge in [-0.05, 0) is 12.0 Å². The number of H-pyrrole nitrogens is 1. The summed E-state index contributed by atoms with van der Waals surface area (Å²) in [6.45, 7) is 4.54. The van der Waals surface area contributed by atoms with E-state index in [1.54, 1.807) is 0 Å². The van der Waals surface area contributed by atoms with Gasteiger partial charge in [-0.1, -0.05) is 56.5 Å². The Hall–Kier alpha value is -1.77. The summed E-state index contributed by atoms with van der Waals surface area (Å²) in [5, 5.41) is 7.14. The van der Waals surface area contributed by atoms with Crippen molar-refractivity contribution >= 4 is 0 Å². The lowest BCUT2D eigenvalue weighted by Crippen LogP contribution is -1.97. The Labute approximate surface area is 108 Å². The fourth-order valence-electron chi connectivity index (χ4n) is 1.78. The van der Waals surface area contributed by atoms with Gasteiger partial charge in [0.25, 0.3) is 0 Å². The molecule has 3 nitrogen and oxygen atoms in total. The van der Waals surface area contributed by atoms with E-state index in [1.807, 2.05) is 36.4 Å². The van der Waals surface area contributed by atoms with E-state index < -0.39 is 0 Å². The summed E-state index contributed by atoms with van der Waals surface area (Å²) < 4.78 is 5.59. The van der Waals surface area contributed by atoms with E-state index in [0.717, 1.165) is 30.7 Å². The molecule has 0 aliphatic rings. The third-order valence-corrected chi connectivity index (χ3v) is 2.78. The summed E-state index contributed by atoms with van der Waals surface area (Å²) in [7, 11) is 0. The van der Waals surface area contributed by atoms with E-state index >= 15 is 0 Å². The quantitative estimate of drug-likeness (QED) is 0.750. The second kappa shape index (κ2) is 6.84. The smallest absolute Gasteiger partial charge is 0.233 e. The molecule has 0 amide bonds. The van der Waals surface area contributed by atoms with E-state index in [9.17, 15) is 0 Å². The van der Waals surface area contributed by atoms with Gasteiger partial charge in [-0.15, -0.1) is 5.10 Å². The number of nitrogens with zero attached hydrogens (tertiary/aromatic N) is 1. The van der Waals surface area contributed by atoms with Crippen molar-refractivity contribution < 1.29 is 4.74 Å². The van der Waals surface area contributed by atoms with Crippen molar-refractivity contribution in [3.05, 3.63) is 43.3 Å². The van der Waals surface area contributed by atoms with Crippen molar-refractivity contribution in [3.63, 3.8) is 0 Å². The first-order valence-electron chi connectivity index (χ1n) is 6.43. The summed E-state index contributed by atoms with van der Waals surface area (Å²) in [5.74, 6) is 0.670. The highest BCUT2D eigenvalue weighted by Crippen LogP contribution is 2.20. The average molecular weight is 243 g/mol. The minimum atomic E-state index is 0.670. The summed E-state index contributed by atoms with van der Waals surface area (Å²) in [6, 6.07) is 12.1. The standard InChI is InChI=1S/C15H19N2O/c1-2-3-4-8-11-18-15-12-14(16-17-15)13-9-6-5-7-10-13/h5-7,9-10,12H,1-4,8,11H2,(H,16,17). The number of aromatic amines is 1. The number of ether oxygens (including phenoxy) is 1. The van der Waals surface area contributed by atoms with E-state index in [2.05, 4.69) is 17.1 Å². The van der Waals surface area contributed by atoms with Crippen molar-refractivity contribution in [2.75, 3.05) is 6.61 Å². The molecule has 2 aromatic rings. The molecule has 1 radical (unpaired) electrons. The maximum atomic E-state index is 5.59. The molecule has 0 bridgehead atoms. The Balaban J connectivity index is 1.83. The van der Waals surface area contributed by atoms with Crippen LogP contribution in [0.25, 0.3) is 11.3 Å². The maximum absolute atomic E-state index is 5.59. The Morgan fingerprint density at radius 3 is 2.72 bits per heavy atom. The van der Waals surface area contributed by atoms with Crippen LogP contribution in [-0.4, -0.2) is 16.8 Å². The molecule has 0 aliphatic carbocycles. The second-order valence-electron chi connectivity index (χ2n) is 4.25. The normalized spacial score (nSPS) is 10.5. The van der Waals surface area contributed by atoms with E-state index in [1.165, 1.54) is 12.8 Å². The van der Waals surface area contributed by atoms with Crippen LogP contribution in [0.15, 0.2) is 36.4 Å². The van der Waals surface area contributed by atoms with Crippen LogP contribution >= 0.6 is 0 Å². The Morgan fingerprint density at radius 1 is 1.11 bits per heavy atom. The highest BCUT2D eigenvalue weighted by Gasteiger charge is 2.03. The van der Waals surface area contributed by atoms with E-state index in [4.69, 9.17) is 4.74 Å². The lowest BCUT2D eigenvalue weighted by atomic mass is 10.2. The van der Waals surface area contributed by atoms with Crippen LogP contribution in [0.1, 0.15) is 25.7 Å². The molecule has 0 spiro atoms. The lowest BCUT2D eigenvalue weighted by Gasteiger charge is -2.01. The number of benzene rings is 1. The van der Waals surface area contributed by atoms with Gasteiger partial charge in [0.15, 0.2) is 0 Å². The molecule has 1 heterocycles. The first kappa shape index (κ1) is 12.7. The zero-order valence-corrected chi connectivity index (χ0v) is 10.6. The van der Waals surface area contributed by atoms with Gasteiger partial charge in [0.2, 0.25) is 5.88 Å². The van der Waals surface area contributed by atoms with Crippen LogP contribution in [0.4, 0.5) is 0 Å². The number of nitrogens with one attached hydrogen (secondary N) is 1. The number of rotatable bonds is 7. The highest BCUT2D eigenvalue weighted by atomic mass is 16.5. The number of hydrogen-bond donors (Lipinski definition) is 1. The fraction of sp³-hybridized carbons (Fsp3) is 0.333. The maximum Gasteiger partial charge on any atom is 0.233 e. The van der Waals surface area contributed by atoms with Crippen LogP contribution in [0.3, 0.4) is 0 Å². The molecule has 0 fully saturated rings. The van der Waals surface area contributed by atoms with Gasteiger partial charge < -0.3 is 4.74 Å². The topological polar surface area (TPSA) is 37.9 Å². The fourth-order valence-corrected chi connectivity index (χ4v) is 1.78. The molecular weight excluding hydrogens is 224 g/mol. The van der Waals surface area contributed by atoms with Crippen molar-refractivity contribution in [2.24, 2.45) is 0 Å². The first-order valence-corrected chi connectivity index (χ1v) is 6.43. The van der Waals surface area contributed by atoms with Crippen LogP contribution in [-0.2, 0) is 0 Å². The van der Waals surface area contributed by atoms with E-state index in [0.29, 0.717) is 5.88 Å². The number of unbranched alkanes of at least 4 members (excludes halogenated alkanes) is 3. The van der Waals surface area contributed by atoms with Crippen molar-refractivity contribution in [2.45, 2.75) is 25.7 Å². The molecule has 1 aromatic heterocycles. The molecule has 0 unspecified atom stereocenters. The van der Waals surface area contributed by atoms with Gasteiger partial charge in [0.1, 0.15) is 0 Å². The van der Waals surface area contributed by atoms with E-state index in [-0.39, 0.29) is 0 Å². The minimum Gasteiger partial charge on any atom is -0.477 e. The summed E-state index contributed by atoms with van der Waals surface area (Å²) >= 11 is 0. The molecule has 95 valence electrons. The number of hydrogen-bond acceptors (Lipinski definition) is 2. The lowest BCUT2D eigenvalue weighted by molar-refractivity contribution is 0.294. The van der Waals surface area contributed by atoms with Gasteiger partial charge in [0, 0.05) is 6.07 Å². The van der Waals surface area contributed by atoms with Crippen molar-refractivity contribution in [3.8, 4) is 17.1 Å². The average Bonchev–Trinajstić information content (AvgIpc) is 2.88. The monoisotopic (exact) mass is 243 g/mol. The van der Waals surface area contributed by atoms with Crippen LogP contribution in [0.5, 0.6) is 5.88 Å². The van der Waals surface area contributed by atoms with Crippen LogP contribution < -0.4 is 4.74 Å². The molecule has 0 saturated heterocycles. The molecule has 1 aromatic carbocycles. The molecular formula is C15H19N2O. The van der Waals surface area contributed by atoms with Crippen LogP contribution in [0, 0.1) is 6.92 Å². The van der Waals surface area contributed by atoms with Gasteiger partial charge in [-0.3, -0.25) is 5.10 Å². The minimum absolute atomic E-state index is 0.670. The Kier molecular flexibility index (Phi) is 4.82. The largest absolute Gasteiger partial charge is 0.477 e. The number of aromatic nitrogens is 2. The molecule has 1 N–H and O–H groups in total. The van der Waals surface area contributed by atoms with Crippen molar-refractivity contribution in [1.82, 2.24) is 10.2 Å². The Bertz CT molecular complexity index is 451. The predicted octanol–water partition coefficient (Wildman–Crippen LogP) is 3.85. The second-order valence-corrected chi connectivity index (χ2v) is 4.25. The molecule has 0 saturated carbocycles. The van der Waals surface area contributed by atoms with Gasteiger partial charge in [0.05, 0.1) is 12.3 Å². The third-order valence-electron chi connectivity index (χ3n) is 2.78.